The molecule has 4 rings (SSSR count). The molecule has 0 unspecified atom stereocenters. The summed E-state index contributed by atoms with van der Waals surface area (Å²) in [6, 6.07) is 11.8. The Morgan fingerprint density at radius 1 is 1.11 bits per heavy atom. The SMILES string of the molecule is Cc1ccc2c(c1)sc1nc(C)c(S(=O)(=O)Nc3ccc(Cl)cc3)c(=O)n12. The zero-order valence-corrected chi connectivity index (χ0v) is 16.7. The van der Waals surface area contributed by atoms with Gasteiger partial charge in [0.15, 0.2) is 9.86 Å². The molecule has 0 bridgehead atoms. The summed E-state index contributed by atoms with van der Waals surface area (Å²) in [5.74, 6) is 0. The van der Waals surface area contributed by atoms with Crippen molar-refractivity contribution >= 4 is 53.8 Å². The Kier molecular flexibility index (Phi) is 4.21. The lowest BCUT2D eigenvalue weighted by Gasteiger charge is -2.10. The van der Waals surface area contributed by atoms with Crippen LogP contribution in [0.25, 0.3) is 15.2 Å². The summed E-state index contributed by atoms with van der Waals surface area (Å²) < 4.78 is 30.4. The van der Waals surface area contributed by atoms with Gasteiger partial charge in [-0.3, -0.25) is 9.52 Å². The first kappa shape index (κ1) is 18.0. The number of thiazole rings is 1. The summed E-state index contributed by atoms with van der Waals surface area (Å²) in [6.07, 6.45) is 0. The number of anilines is 1. The van der Waals surface area contributed by atoms with E-state index in [2.05, 4.69) is 9.71 Å². The number of halogens is 1. The Labute approximate surface area is 164 Å². The lowest BCUT2D eigenvalue weighted by atomic mass is 10.2. The number of sulfonamides is 1. The molecular formula is C18H14ClN3O3S2. The number of benzene rings is 2. The van der Waals surface area contributed by atoms with E-state index in [1.807, 2.05) is 19.1 Å². The molecule has 6 nitrogen and oxygen atoms in total. The highest BCUT2D eigenvalue weighted by atomic mass is 35.5. The number of fused-ring (bicyclic) bond motifs is 3. The molecule has 4 aromatic rings. The molecule has 0 amide bonds. The van der Waals surface area contributed by atoms with Crippen LogP contribution < -0.4 is 10.3 Å². The third-order valence-electron chi connectivity index (χ3n) is 4.10. The number of hydrogen-bond acceptors (Lipinski definition) is 5. The van der Waals surface area contributed by atoms with Crippen molar-refractivity contribution in [1.82, 2.24) is 9.38 Å². The topological polar surface area (TPSA) is 80.5 Å². The second-order valence-corrected chi connectivity index (χ2v) is 9.20. The molecule has 2 heterocycles. The summed E-state index contributed by atoms with van der Waals surface area (Å²) in [5.41, 5.74) is 1.55. The zero-order valence-electron chi connectivity index (χ0n) is 14.4. The number of nitrogens with one attached hydrogen (secondary N) is 1. The fraction of sp³-hybridized carbons (Fsp3) is 0.111. The molecule has 0 saturated heterocycles. The minimum Gasteiger partial charge on any atom is -0.279 e. The molecule has 27 heavy (non-hydrogen) atoms. The average Bonchev–Trinajstić information content (AvgIpc) is 2.93. The highest BCUT2D eigenvalue weighted by Gasteiger charge is 2.25. The number of rotatable bonds is 3. The summed E-state index contributed by atoms with van der Waals surface area (Å²) in [4.78, 5) is 17.6. The van der Waals surface area contributed by atoms with Crippen LogP contribution in [0.3, 0.4) is 0 Å². The van der Waals surface area contributed by atoms with E-state index in [4.69, 9.17) is 11.6 Å². The summed E-state index contributed by atoms with van der Waals surface area (Å²) in [7, 11) is -4.12. The van der Waals surface area contributed by atoms with E-state index < -0.39 is 15.6 Å². The molecule has 0 aliphatic heterocycles. The van der Waals surface area contributed by atoms with Crippen LogP contribution in [0, 0.1) is 13.8 Å². The summed E-state index contributed by atoms with van der Waals surface area (Å²) in [5, 5.41) is 0.484. The molecular weight excluding hydrogens is 406 g/mol. The van der Waals surface area contributed by atoms with Crippen LogP contribution in [0.15, 0.2) is 52.2 Å². The van der Waals surface area contributed by atoms with E-state index in [-0.39, 0.29) is 10.6 Å². The Hall–Kier alpha value is -2.42. The number of nitrogens with zero attached hydrogens (tertiary/aromatic N) is 2. The van der Waals surface area contributed by atoms with Crippen LogP contribution >= 0.6 is 22.9 Å². The van der Waals surface area contributed by atoms with Gasteiger partial charge in [0.25, 0.3) is 15.6 Å². The fourth-order valence-corrected chi connectivity index (χ4v) is 5.48. The predicted molar refractivity (Wildman–Crippen MR) is 109 cm³/mol. The Bertz CT molecular complexity index is 1360. The molecule has 0 atom stereocenters. The van der Waals surface area contributed by atoms with Gasteiger partial charge in [-0.15, -0.1) is 0 Å². The van der Waals surface area contributed by atoms with E-state index in [0.29, 0.717) is 21.2 Å². The van der Waals surface area contributed by atoms with Crippen molar-refractivity contribution in [2.75, 3.05) is 4.72 Å². The van der Waals surface area contributed by atoms with Gasteiger partial charge in [0.1, 0.15) is 0 Å². The summed E-state index contributed by atoms with van der Waals surface area (Å²) >= 11 is 7.18. The second kappa shape index (κ2) is 6.33. The van der Waals surface area contributed by atoms with Crippen LogP contribution in [0.2, 0.25) is 5.02 Å². The van der Waals surface area contributed by atoms with Crippen LogP contribution in [0.5, 0.6) is 0 Å². The van der Waals surface area contributed by atoms with E-state index >= 15 is 0 Å². The quantitative estimate of drug-likeness (QED) is 0.544. The molecule has 0 aliphatic rings. The fourth-order valence-electron chi connectivity index (χ4n) is 2.89. The van der Waals surface area contributed by atoms with Crippen molar-refractivity contribution in [2.45, 2.75) is 18.7 Å². The predicted octanol–water partition coefficient (Wildman–Crippen LogP) is 3.98. The normalized spacial score (nSPS) is 12.0. The first-order valence-corrected chi connectivity index (χ1v) is 10.6. The van der Waals surface area contributed by atoms with Crippen molar-refractivity contribution in [3.8, 4) is 0 Å². The van der Waals surface area contributed by atoms with Crippen molar-refractivity contribution < 1.29 is 8.42 Å². The maximum absolute atomic E-state index is 13.1. The maximum Gasteiger partial charge on any atom is 0.280 e. The maximum atomic E-state index is 13.1. The third-order valence-corrected chi connectivity index (χ3v) is 6.87. The molecule has 0 radical (unpaired) electrons. The minimum absolute atomic E-state index is 0.157. The molecule has 0 fully saturated rings. The van der Waals surface area contributed by atoms with Gasteiger partial charge in [0.2, 0.25) is 0 Å². The number of aryl methyl sites for hydroxylation is 2. The van der Waals surface area contributed by atoms with Crippen LogP contribution in [0.4, 0.5) is 5.69 Å². The van der Waals surface area contributed by atoms with Crippen LogP contribution in [-0.4, -0.2) is 17.8 Å². The van der Waals surface area contributed by atoms with Gasteiger partial charge in [0.05, 0.1) is 15.9 Å². The van der Waals surface area contributed by atoms with Gasteiger partial charge in [0, 0.05) is 10.7 Å². The van der Waals surface area contributed by atoms with Crippen molar-refractivity contribution in [3.05, 3.63) is 69.1 Å². The van der Waals surface area contributed by atoms with E-state index in [0.717, 1.165) is 10.3 Å². The van der Waals surface area contributed by atoms with Gasteiger partial charge in [-0.1, -0.05) is 29.0 Å². The van der Waals surface area contributed by atoms with Gasteiger partial charge in [-0.05, 0) is 55.8 Å². The van der Waals surface area contributed by atoms with E-state index in [1.165, 1.54) is 34.8 Å². The lowest BCUT2D eigenvalue weighted by molar-refractivity contribution is 0.598. The Balaban J connectivity index is 1.94. The minimum atomic E-state index is -4.12. The number of aromatic nitrogens is 2. The van der Waals surface area contributed by atoms with Gasteiger partial charge in [-0.25, -0.2) is 17.8 Å². The van der Waals surface area contributed by atoms with Gasteiger partial charge < -0.3 is 0 Å². The Morgan fingerprint density at radius 2 is 1.81 bits per heavy atom. The first-order valence-electron chi connectivity index (χ1n) is 7.97. The lowest BCUT2D eigenvalue weighted by Crippen LogP contribution is -2.27. The second-order valence-electron chi connectivity index (χ2n) is 6.14. The van der Waals surface area contributed by atoms with Gasteiger partial charge >= 0.3 is 0 Å². The third kappa shape index (κ3) is 3.09. The zero-order chi connectivity index (χ0) is 19.3. The molecule has 0 aliphatic carbocycles. The Morgan fingerprint density at radius 3 is 2.52 bits per heavy atom. The molecule has 138 valence electrons. The standard InChI is InChI=1S/C18H14ClN3O3S2/c1-10-3-8-14-15(9-10)26-18-20-11(2)16(17(23)22(14)18)27(24,25)21-13-6-4-12(19)5-7-13/h3-9,21H,1-2H3. The molecule has 9 heteroatoms. The first-order chi connectivity index (χ1) is 12.8. The van der Waals surface area contributed by atoms with Crippen molar-refractivity contribution in [3.63, 3.8) is 0 Å². The average molecular weight is 420 g/mol. The molecule has 2 aromatic heterocycles. The van der Waals surface area contributed by atoms with Crippen molar-refractivity contribution in [1.29, 1.82) is 0 Å². The highest BCUT2D eigenvalue weighted by molar-refractivity contribution is 7.92. The summed E-state index contributed by atoms with van der Waals surface area (Å²) in [6.45, 7) is 3.48. The highest BCUT2D eigenvalue weighted by Crippen LogP contribution is 2.26. The molecule has 0 saturated carbocycles. The number of hydrogen-bond donors (Lipinski definition) is 1. The van der Waals surface area contributed by atoms with E-state index in [9.17, 15) is 13.2 Å². The molecule has 1 N–H and O–H groups in total. The smallest absolute Gasteiger partial charge is 0.279 e. The van der Waals surface area contributed by atoms with Gasteiger partial charge in [-0.2, -0.15) is 0 Å². The monoisotopic (exact) mass is 419 g/mol. The molecule has 2 aromatic carbocycles. The largest absolute Gasteiger partial charge is 0.280 e. The molecule has 0 spiro atoms. The van der Waals surface area contributed by atoms with Crippen LogP contribution in [-0.2, 0) is 10.0 Å². The van der Waals surface area contributed by atoms with E-state index in [1.54, 1.807) is 18.2 Å². The van der Waals surface area contributed by atoms with Crippen molar-refractivity contribution in [2.24, 2.45) is 0 Å². The van der Waals surface area contributed by atoms with Crippen LogP contribution in [0.1, 0.15) is 11.3 Å².